The molecule has 31 heavy (non-hydrogen) atoms. The van der Waals surface area contributed by atoms with E-state index in [1.807, 2.05) is 0 Å². The first-order chi connectivity index (χ1) is 15.3. The molecule has 0 bridgehead atoms. The van der Waals surface area contributed by atoms with Crippen molar-refractivity contribution in [1.29, 1.82) is 0 Å². The van der Waals surface area contributed by atoms with Gasteiger partial charge in [0, 0.05) is 0 Å². The van der Waals surface area contributed by atoms with E-state index >= 15 is 0 Å². The van der Waals surface area contributed by atoms with Crippen LogP contribution in [-0.4, -0.2) is 0 Å². The third-order valence-corrected chi connectivity index (χ3v) is 7.66. The van der Waals surface area contributed by atoms with Gasteiger partial charge < -0.3 is 0 Å². The molecule has 0 aromatic carbocycles. The maximum absolute atomic E-state index is 2.54. The average molecular weight is 433 g/mol. The van der Waals surface area contributed by atoms with Gasteiger partial charge in [0.1, 0.15) is 0 Å². The van der Waals surface area contributed by atoms with E-state index < -0.39 is 0 Å². The second-order valence-electron chi connectivity index (χ2n) is 10.8. The molecule has 1 fully saturated rings. The van der Waals surface area contributed by atoms with Crippen LogP contribution in [0.15, 0.2) is 11.6 Å². The van der Waals surface area contributed by atoms with Crippen LogP contribution in [0.5, 0.6) is 0 Å². The zero-order valence-electron chi connectivity index (χ0n) is 22.2. The van der Waals surface area contributed by atoms with E-state index in [4.69, 9.17) is 0 Å². The van der Waals surface area contributed by atoms with Crippen LogP contribution in [0.1, 0.15) is 175 Å². The van der Waals surface area contributed by atoms with Crippen LogP contribution in [0.2, 0.25) is 0 Å². The smallest absolute Gasteiger partial charge is 0.0320 e. The zero-order chi connectivity index (χ0) is 22.4. The van der Waals surface area contributed by atoms with E-state index in [2.05, 4.69) is 26.8 Å². The Labute approximate surface area is 198 Å². The van der Waals surface area contributed by atoms with Crippen molar-refractivity contribution in [1.82, 2.24) is 0 Å². The van der Waals surface area contributed by atoms with E-state index in [-0.39, 0.29) is 0 Å². The highest BCUT2D eigenvalue weighted by Crippen LogP contribution is 2.45. The van der Waals surface area contributed by atoms with Crippen molar-refractivity contribution < 1.29 is 0 Å². The monoisotopic (exact) mass is 432 g/mol. The molecule has 0 nitrogen and oxygen atoms in total. The minimum atomic E-state index is 1.12. The Hall–Kier alpha value is -0.260. The van der Waals surface area contributed by atoms with Gasteiger partial charge in [-0.1, -0.05) is 148 Å². The number of hydrogen-bond donors (Lipinski definition) is 0. The summed E-state index contributed by atoms with van der Waals surface area (Å²) in [6.07, 6.45) is 37.4. The van der Waals surface area contributed by atoms with Crippen molar-refractivity contribution in [3.63, 3.8) is 0 Å². The van der Waals surface area contributed by atoms with Crippen LogP contribution in [0.4, 0.5) is 0 Å². The van der Waals surface area contributed by atoms with Crippen LogP contribution in [0.3, 0.4) is 0 Å². The Bertz CT molecular complexity index is 393. The van der Waals surface area contributed by atoms with Gasteiger partial charge in [0.25, 0.3) is 0 Å². The van der Waals surface area contributed by atoms with Crippen LogP contribution in [0.25, 0.3) is 0 Å². The first-order valence-corrected chi connectivity index (χ1v) is 15.0. The third kappa shape index (κ3) is 17.9. The number of rotatable bonds is 24. The summed E-state index contributed by atoms with van der Waals surface area (Å²) in [6.45, 7) is 6.93. The summed E-state index contributed by atoms with van der Waals surface area (Å²) in [7, 11) is 0. The lowest BCUT2D eigenvalue weighted by molar-refractivity contribution is 0.515. The molecule has 0 amide bonds. The Morgan fingerprint density at radius 1 is 0.516 bits per heavy atom. The molecule has 2 atom stereocenters. The molecule has 0 saturated heterocycles. The van der Waals surface area contributed by atoms with Crippen LogP contribution in [-0.2, 0) is 0 Å². The van der Waals surface area contributed by atoms with Gasteiger partial charge in [0.15, 0.2) is 0 Å². The van der Waals surface area contributed by atoms with Crippen LogP contribution in [0, 0.1) is 11.8 Å². The van der Waals surface area contributed by atoms with E-state index in [0.717, 1.165) is 11.8 Å². The topological polar surface area (TPSA) is 0 Å². The van der Waals surface area contributed by atoms with Crippen molar-refractivity contribution in [3.8, 4) is 0 Å². The summed E-state index contributed by atoms with van der Waals surface area (Å²) in [4.78, 5) is 0. The maximum Gasteiger partial charge on any atom is -0.0320 e. The maximum atomic E-state index is 2.54. The zero-order valence-corrected chi connectivity index (χ0v) is 22.2. The highest BCUT2D eigenvalue weighted by molar-refractivity contribution is 5.01. The molecule has 1 aliphatic rings. The van der Waals surface area contributed by atoms with E-state index in [0.29, 0.717) is 0 Å². The predicted molar refractivity (Wildman–Crippen MR) is 143 cm³/mol. The van der Waals surface area contributed by atoms with Crippen molar-refractivity contribution in [2.75, 3.05) is 0 Å². The molecule has 1 rings (SSSR count). The molecule has 0 aromatic rings. The Balaban J connectivity index is 1.88. The number of hydrogen-bond acceptors (Lipinski definition) is 0. The molecule has 0 spiro atoms. The van der Waals surface area contributed by atoms with Gasteiger partial charge in [0.2, 0.25) is 0 Å². The predicted octanol–water partition coefficient (Wildman–Crippen LogP) is 11.6. The highest BCUT2D eigenvalue weighted by atomic mass is 14.4. The molecule has 1 aliphatic carbocycles. The minimum absolute atomic E-state index is 1.12. The van der Waals surface area contributed by atoms with E-state index in [1.165, 1.54) is 135 Å². The van der Waals surface area contributed by atoms with Gasteiger partial charge >= 0.3 is 0 Å². The first-order valence-electron chi connectivity index (χ1n) is 15.0. The molecule has 0 radical (unpaired) electrons. The molecule has 2 unspecified atom stereocenters. The van der Waals surface area contributed by atoms with E-state index in [9.17, 15) is 0 Å². The van der Waals surface area contributed by atoms with E-state index in [1.54, 1.807) is 24.8 Å². The standard InChI is InChI=1S/C31H60/c1-4-7-9-11-13-15-19-24-29(23-6-3)25-20-16-14-18-22-27-31-28-30(31)26-21-17-12-10-8-5-2/h23,30-31H,4-22,24-28H2,1-3H3/b29-23-. The van der Waals surface area contributed by atoms with Gasteiger partial charge in [-0.3, -0.25) is 0 Å². The van der Waals surface area contributed by atoms with Crippen LogP contribution >= 0.6 is 0 Å². The fourth-order valence-electron chi connectivity index (χ4n) is 5.42. The molecule has 1 saturated carbocycles. The van der Waals surface area contributed by atoms with Gasteiger partial charge in [-0.25, -0.2) is 0 Å². The van der Waals surface area contributed by atoms with Crippen molar-refractivity contribution in [2.45, 2.75) is 175 Å². The molecule has 0 heterocycles. The fourth-order valence-corrected chi connectivity index (χ4v) is 5.42. The van der Waals surface area contributed by atoms with Gasteiger partial charge in [-0.05, 0) is 50.4 Å². The third-order valence-electron chi connectivity index (χ3n) is 7.66. The summed E-state index contributed by atoms with van der Waals surface area (Å²) in [5.41, 5.74) is 1.77. The fraction of sp³-hybridized carbons (Fsp3) is 0.935. The summed E-state index contributed by atoms with van der Waals surface area (Å²) < 4.78 is 0. The molecular weight excluding hydrogens is 372 g/mol. The van der Waals surface area contributed by atoms with Gasteiger partial charge in [-0.2, -0.15) is 0 Å². The lowest BCUT2D eigenvalue weighted by Crippen LogP contribution is -1.89. The molecular formula is C31H60. The Morgan fingerprint density at radius 2 is 0.903 bits per heavy atom. The van der Waals surface area contributed by atoms with Crippen molar-refractivity contribution in [3.05, 3.63) is 11.6 Å². The second kappa shape index (κ2) is 21.6. The molecule has 184 valence electrons. The molecule has 0 N–H and O–H groups in total. The minimum Gasteiger partial charge on any atom is -0.0856 e. The molecule has 0 aliphatic heterocycles. The molecule has 0 aromatic heterocycles. The Morgan fingerprint density at radius 3 is 1.32 bits per heavy atom. The summed E-state index contributed by atoms with van der Waals surface area (Å²) in [6, 6.07) is 0. The number of unbranched alkanes of at least 4 members (excludes halogenated alkanes) is 15. The lowest BCUT2D eigenvalue weighted by atomic mass is 9.98. The van der Waals surface area contributed by atoms with Gasteiger partial charge in [-0.15, -0.1) is 0 Å². The average Bonchev–Trinajstić information content (AvgIpc) is 3.52. The summed E-state index contributed by atoms with van der Waals surface area (Å²) >= 11 is 0. The SMILES string of the molecule is CC/C=C(/CCCCCCCCC)CCCCCCCC1CC1CCCCCCCC. The highest BCUT2D eigenvalue weighted by Gasteiger charge is 2.34. The summed E-state index contributed by atoms with van der Waals surface area (Å²) in [5.74, 6) is 2.25. The summed E-state index contributed by atoms with van der Waals surface area (Å²) in [5, 5.41) is 0. The largest absolute Gasteiger partial charge is 0.0856 e. The normalized spacial score (nSPS) is 18.6. The lowest BCUT2D eigenvalue weighted by Gasteiger charge is -2.08. The van der Waals surface area contributed by atoms with Crippen molar-refractivity contribution in [2.24, 2.45) is 11.8 Å². The Kier molecular flexibility index (Phi) is 20.0. The first kappa shape index (κ1) is 28.8. The van der Waals surface area contributed by atoms with Crippen LogP contribution < -0.4 is 0 Å². The quantitative estimate of drug-likeness (QED) is 0.105. The molecule has 0 heteroatoms. The number of allylic oxidation sites excluding steroid dienone is 2. The van der Waals surface area contributed by atoms with Crippen molar-refractivity contribution >= 4 is 0 Å². The van der Waals surface area contributed by atoms with Gasteiger partial charge in [0.05, 0.1) is 0 Å². The second-order valence-corrected chi connectivity index (χ2v) is 10.8.